The van der Waals surface area contributed by atoms with Crippen LogP contribution in [0.2, 0.25) is 10.0 Å². The number of rotatable bonds is 8. The van der Waals surface area contributed by atoms with Gasteiger partial charge in [0.25, 0.3) is 0 Å². The van der Waals surface area contributed by atoms with Crippen LogP contribution < -0.4 is 10.6 Å². The summed E-state index contributed by atoms with van der Waals surface area (Å²) in [7, 11) is 0. The molecule has 4 aromatic carbocycles. The zero-order chi connectivity index (χ0) is 31.0. The van der Waals surface area contributed by atoms with Crippen molar-refractivity contribution in [3.63, 3.8) is 0 Å². The molecule has 2 aromatic heterocycles. The van der Waals surface area contributed by atoms with Crippen LogP contribution in [0.4, 0.5) is 22.7 Å². The summed E-state index contributed by atoms with van der Waals surface area (Å²) in [5.41, 5.74) is 11.5. The van der Waals surface area contributed by atoms with Gasteiger partial charge in [-0.15, -0.1) is 22.7 Å². The smallest absolute Gasteiger partial charge is 0.213 e. The lowest BCUT2D eigenvalue weighted by Gasteiger charge is -2.14. The third-order valence-corrected chi connectivity index (χ3v) is 10.9. The Kier molecular flexibility index (Phi) is 8.66. The average Bonchev–Trinajstić information content (AvgIpc) is 3.59. The van der Waals surface area contributed by atoms with Gasteiger partial charge in [-0.05, 0) is 96.1 Å². The minimum Gasteiger partial charge on any atom is -0.354 e. The first-order valence-electron chi connectivity index (χ1n) is 14.2. The number of para-hydroxylation sites is 2. The number of hydrogen-bond acceptors (Lipinski definition) is 5. The van der Waals surface area contributed by atoms with Crippen LogP contribution in [0.25, 0.3) is 22.3 Å². The van der Waals surface area contributed by atoms with Crippen molar-refractivity contribution in [1.29, 1.82) is 0 Å². The molecule has 0 saturated heterocycles. The number of aryl methyl sites for hydroxylation is 2. The number of carbonyl (C=O) groups excluding carboxylic acids is 1. The normalized spacial score (nSPS) is 11.0. The summed E-state index contributed by atoms with van der Waals surface area (Å²) in [5.74, 6) is 0.0168. The lowest BCUT2D eigenvalue weighted by molar-refractivity contribution is 0.104. The van der Waals surface area contributed by atoms with E-state index in [0.717, 1.165) is 67.3 Å². The Bertz CT molecular complexity index is 1880. The maximum Gasteiger partial charge on any atom is 0.213 e. The summed E-state index contributed by atoms with van der Waals surface area (Å²) in [6, 6.07) is 28.1. The summed E-state index contributed by atoms with van der Waals surface area (Å²) in [5, 5.41) is 12.2. The van der Waals surface area contributed by atoms with Crippen molar-refractivity contribution < 1.29 is 4.79 Å². The molecule has 6 rings (SSSR count). The molecule has 220 valence electrons. The molecule has 0 saturated carbocycles. The first-order chi connectivity index (χ1) is 21.2. The molecule has 0 bridgehead atoms. The number of nitrogens with one attached hydrogen (secondary N) is 2. The second-order valence-corrected chi connectivity index (χ2v) is 13.3. The van der Waals surface area contributed by atoms with E-state index >= 15 is 0 Å². The highest BCUT2D eigenvalue weighted by Gasteiger charge is 2.24. The zero-order valence-corrected chi connectivity index (χ0v) is 27.9. The SMILES string of the molecule is Cc1ccccc1Nc1cccc(-c2csc(C(=O)c3scc(-c4cccc(Nc5ccccc5C)c4Cl)c3C)c2C)c1Cl. The number of benzene rings is 4. The quantitative estimate of drug-likeness (QED) is 0.161. The van der Waals surface area contributed by atoms with E-state index in [9.17, 15) is 4.79 Å². The molecular weight excluding hydrogens is 623 g/mol. The Morgan fingerprint density at radius 2 is 0.909 bits per heavy atom. The topological polar surface area (TPSA) is 41.1 Å². The van der Waals surface area contributed by atoms with E-state index in [4.69, 9.17) is 23.2 Å². The lowest BCUT2D eigenvalue weighted by Crippen LogP contribution is -2.01. The van der Waals surface area contributed by atoms with Gasteiger partial charge in [-0.2, -0.15) is 0 Å². The van der Waals surface area contributed by atoms with E-state index in [0.29, 0.717) is 19.8 Å². The van der Waals surface area contributed by atoms with Crippen molar-refractivity contribution in [2.45, 2.75) is 27.7 Å². The Morgan fingerprint density at radius 1 is 0.523 bits per heavy atom. The predicted octanol–water partition coefficient (Wildman–Crippen LogP) is 12.4. The molecule has 3 nitrogen and oxygen atoms in total. The minimum atomic E-state index is 0.0168. The van der Waals surface area contributed by atoms with Crippen molar-refractivity contribution in [2.24, 2.45) is 0 Å². The van der Waals surface area contributed by atoms with Gasteiger partial charge in [0, 0.05) is 22.5 Å². The van der Waals surface area contributed by atoms with E-state index < -0.39 is 0 Å². The maximum absolute atomic E-state index is 14.0. The summed E-state index contributed by atoms with van der Waals surface area (Å²) < 4.78 is 0. The summed E-state index contributed by atoms with van der Waals surface area (Å²) in [6.07, 6.45) is 0. The van der Waals surface area contributed by atoms with Gasteiger partial charge in [0.1, 0.15) is 0 Å². The maximum atomic E-state index is 14.0. The third-order valence-electron chi connectivity index (χ3n) is 7.90. The van der Waals surface area contributed by atoms with Crippen molar-refractivity contribution in [3.05, 3.63) is 138 Å². The van der Waals surface area contributed by atoms with Crippen LogP contribution in [0, 0.1) is 27.7 Å². The zero-order valence-electron chi connectivity index (χ0n) is 24.7. The summed E-state index contributed by atoms with van der Waals surface area (Å²) in [6.45, 7) is 8.12. The van der Waals surface area contributed by atoms with E-state index in [1.54, 1.807) is 0 Å². The van der Waals surface area contributed by atoms with Gasteiger partial charge in [0.05, 0.1) is 31.2 Å². The first kappa shape index (κ1) is 30.2. The average molecular weight is 654 g/mol. The summed E-state index contributed by atoms with van der Waals surface area (Å²) in [4.78, 5) is 15.4. The van der Waals surface area contributed by atoms with Gasteiger partial charge in [-0.1, -0.05) is 83.9 Å². The molecule has 0 amide bonds. The standard InChI is InChI=1S/C37H30Cl2N2OS2/c1-21-11-5-7-15-29(21)40-31-17-9-13-25(33(31)38)27-19-43-36(23(27)3)35(42)37-24(4)28(20-44-37)26-14-10-18-32(34(26)39)41-30-16-8-6-12-22(30)2/h5-20,40-41H,1-4H3. The number of thiophene rings is 2. The van der Waals surface area contributed by atoms with Crippen LogP contribution in [0.3, 0.4) is 0 Å². The molecule has 6 aromatic rings. The second-order valence-electron chi connectivity index (χ2n) is 10.8. The molecule has 0 aliphatic heterocycles. The van der Waals surface area contributed by atoms with Crippen LogP contribution in [-0.4, -0.2) is 5.78 Å². The molecule has 2 heterocycles. The van der Waals surface area contributed by atoms with E-state index in [-0.39, 0.29) is 5.78 Å². The van der Waals surface area contributed by atoms with Crippen LogP contribution >= 0.6 is 45.9 Å². The van der Waals surface area contributed by atoms with Crippen molar-refractivity contribution in [3.8, 4) is 22.3 Å². The Morgan fingerprint density at radius 3 is 1.32 bits per heavy atom. The Hall–Kier alpha value is -3.87. The molecule has 0 unspecified atom stereocenters. The number of hydrogen-bond donors (Lipinski definition) is 2. The number of ketones is 1. The number of halogens is 2. The van der Waals surface area contributed by atoms with Crippen LogP contribution in [-0.2, 0) is 0 Å². The third kappa shape index (κ3) is 5.69. The molecule has 7 heteroatoms. The van der Waals surface area contributed by atoms with E-state index in [1.807, 2.05) is 97.4 Å². The highest BCUT2D eigenvalue weighted by molar-refractivity contribution is 7.16. The fraction of sp³-hybridized carbons (Fsp3) is 0.108. The van der Waals surface area contributed by atoms with Gasteiger partial charge < -0.3 is 10.6 Å². The molecule has 2 N–H and O–H groups in total. The molecule has 0 fully saturated rings. The van der Waals surface area contributed by atoms with Crippen molar-refractivity contribution >= 4 is 74.4 Å². The number of carbonyl (C=O) groups is 1. The molecule has 0 atom stereocenters. The van der Waals surface area contributed by atoms with Gasteiger partial charge in [-0.25, -0.2) is 0 Å². The Balaban J connectivity index is 1.29. The number of anilines is 4. The molecule has 44 heavy (non-hydrogen) atoms. The second kappa shape index (κ2) is 12.6. The highest BCUT2D eigenvalue weighted by Crippen LogP contribution is 2.43. The predicted molar refractivity (Wildman–Crippen MR) is 191 cm³/mol. The van der Waals surface area contributed by atoms with Crippen LogP contribution in [0.15, 0.2) is 95.7 Å². The monoisotopic (exact) mass is 652 g/mol. The van der Waals surface area contributed by atoms with Crippen molar-refractivity contribution in [2.75, 3.05) is 10.6 Å². The first-order valence-corrected chi connectivity index (χ1v) is 16.7. The van der Waals surface area contributed by atoms with Crippen LogP contribution in [0.1, 0.15) is 36.8 Å². The molecule has 0 spiro atoms. The molecule has 0 aliphatic rings. The van der Waals surface area contributed by atoms with Gasteiger partial charge >= 0.3 is 0 Å². The van der Waals surface area contributed by atoms with E-state index in [2.05, 4.69) is 36.6 Å². The molecule has 0 aliphatic carbocycles. The molecule has 0 radical (unpaired) electrons. The highest BCUT2D eigenvalue weighted by atomic mass is 35.5. The van der Waals surface area contributed by atoms with Crippen molar-refractivity contribution in [1.82, 2.24) is 0 Å². The van der Waals surface area contributed by atoms with Gasteiger partial charge in [-0.3, -0.25) is 4.79 Å². The van der Waals surface area contributed by atoms with Gasteiger partial charge in [0.2, 0.25) is 5.78 Å². The van der Waals surface area contributed by atoms with Crippen LogP contribution in [0.5, 0.6) is 0 Å². The summed E-state index contributed by atoms with van der Waals surface area (Å²) >= 11 is 16.8. The molecular formula is C37H30Cl2N2OS2. The minimum absolute atomic E-state index is 0.0168. The Labute approximate surface area is 276 Å². The fourth-order valence-electron chi connectivity index (χ4n) is 5.31. The largest absolute Gasteiger partial charge is 0.354 e. The lowest BCUT2D eigenvalue weighted by atomic mass is 9.99. The van der Waals surface area contributed by atoms with Gasteiger partial charge in [0.15, 0.2) is 0 Å². The van der Waals surface area contributed by atoms with E-state index in [1.165, 1.54) is 22.7 Å². The fourth-order valence-corrected chi connectivity index (χ4v) is 7.99.